The van der Waals surface area contributed by atoms with Crippen molar-refractivity contribution in [3.05, 3.63) is 23.3 Å². The molecule has 12 heavy (non-hydrogen) atoms. The number of benzene rings is 1. The van der Waals surface area contributed by atoms with E-state index in [9.17, 15) is 0 Å². The van der Waals surface area contributed by atoms with E-state index in [4.69, 9.17) is 9.47 Å². The lowest BCUT2D eigenvalue weighted by molar-refractivity contribution is 0.174. The monoisotopic (exact) mass is 161 g/mol. The molecule has 0 fully saturated rings. The van der Waals surface area contributed by atoms with Crippen LogP contribution in [0.1, 0.15) is 11.1 Å². The van der Waals surface area contributed by atoms with Gasteiger partial charge in [-0.2, -0.15) is 0 Å². The number of hydrogen-bond acceptors (Lipinski definition) is 3. The van der Waals surface area contributed by atoms with Crippen LogP contribution in [0.4, 0.5) is 0 Å². The third-order valence-electron chi connectivity index (χ3n) is 2.13. The van der Waals surface area contributed by atoms with Gasteiger partial charge in [0.05, 0.1) is 6.54 Å². The van der Waals surface area contributed by atoms with Crippen molar-refractivity contribution in [1.82, 2.24) is 0 Å². The maximum absolute atomic E-state index is 5.25. The van der Waals surface area contributed by atoms with E-state index < -0.39 is 0 Å². The van der Waals surface area contributed by atoms with E-state index >= 15 is 0 Å². The number of hydrogen-bond donors (Lipinski definition) is 0. The largest absolute Gasteiger partial charge is 0.454 e. The molecule has 0 spiro atoms. The zero-order valence-electron chi connectivity index (χ0n) is 6.41. The fourth-order valence-electron chi connectivity index (χ4n) is 1.50. The van der Waals surface area contributed by atoms with Crippen LogP contribution in [-0.4, -0.2) is 13.0 Å². The topological polar surface area (TPSA) is 30.8 Å². The Balaban J connectivity index is 2.23. The molecule has 0 aliphatic carbocycles. The van der Waals surface area contributed by atoms with Crippen molar-refractivity contribution in [2.45, 2.75) is 6.54 Å². The van der Waals surface area contributed by atoms with E-state index in [-0.39, 0.29) is 0 Å². The third kappa shape index (κ3) is 0.679. The van der Waals surface area contributed by atoms with Gasteiger partial charge in [0.1, 0.15) is 0 Å². The molecular formula is C9H7NO2. The molecule has 3 heteroatoms. The molecule has 60 valence electrons. The van der Waals surface area contributed by atoms with Gasteiger partial charge in [-0.1, -0.05) is 0 Å². The van der Waals surface area contributed by atoms with E-state index in [0.29, 0.717) is 6.79 Å². The average molecular weight is 161 g/mol. The summed E-state index contributed by atoms with van der Waals surface area (Å²) in [6.07, 6.45) is 1.87. The molecule has 0 amide bonds. The maximum Gasteiger partial charge on any atom is 0.231 e. The molecule has 3 nitrogen and oxygen atoms in total. The van der Waals surface area contributed by atoms with E-state index in [2.05, 4.69) is 4.99 Å². The zero-order valence-corrected chi connectivity index (χ0v) is 6.41. The lowest BCUT2D eigenvalue weighted by atomic mass is 10.1. The van der Waals surface area contributed by atoms with Crippen LogP contribution in [0.15, 0.2) is 17.1 Å². The van der Waals surface area contributed by atoms with Gasteiger partial charge in [0, 0.05) is 11.8 Å². The Hall–Kier alpha value is -1.51. The van der Waals surface area contributed by atoms with Crippen LogP contribution < -0.4 is 9.47 Å². The molecule has 3 rings (SSSR count). The van der Waals surface area contributed by atoms with Crippen LogP contribution in [0, 0.1) is 0 Å². The molecule has 0 radical (unpaired) electrons. The first kappa shape index (κ1) is 6.06. The van der Waals surface area contributed by atoms with Crippen molar-refractivity contribution >= 4 is 6.21 Å². The summed E-state index contributed by atoms with van der Waals surface area (Å²) >= 11 is 0. The molecule has 0 saturated carbocycles. The van der Waals surface area contributed by atoms with Gasteiger partial charge in [0.25, 0.3) is 0 Å². The second-order valence-corrected chi connectivity index (χ2v) is 2.87. The molecule has 0 atom stereocenters. The summed E-state index contributed by atoms with van der Waals surface area (Å²) in [7, 11) is 0. The van der Waals surface area contributed by atoms with Gasteiger partial charge < -0.3 is 9.47 Å². The second kappa shape index (κ2) is 2.00. The molecular weight excluding hydrogens is 154 g/mol. The minimum absolute atomic E-state index is 0.343. The Morgan fingerprint density at radius 2 is 2.00 bits per heavy atom. The molecule has 2 aliphatic rings. The van der Waals surface area contributed by atoms with E-state index in [1.54, 1.807) is 0 Å². The Labute approximate surface area is 69.6 Å². The highest BCUT2D eigenvalue weighted by Gasteiger charge is 2.17. The van der Waals surface area contributed by atoms with E-state index in [1.165, 1.54) is 5.56 Å². The van der Waals surface area contributed by atoms with Crippen molar-refractivity contribution in [3.8, 4) is 11.5 Å². The van der Waals surface area contributed by atoms with Crippen molar-refractivity contribution in [2.75, 3.05) is 6.79 Å². The van der Waals surface area contributed by atoms with Gasteiger partial charge in [0.2, 0.25) is 6.79 Å². The molecule has 0 aromatic heterocycles. The van der Waals surface area contributed by atoms with Crippen LogP contribution in [0.25, 0.3) is 0 Å². The van der Waals surface area contributed by atoms with Crippen LogP contribution in [0.5, 0.6) is 11.5 Å². The molecule has 0 saturated heterocycles. The van der Waals surface area contributed by atoms with Gasteiger partial charge in [-0.15, -0.1) is 0 Å². The normalized spacial score (nSPS) is 16.7. The highest BCUT2D eigenvalue weighted by Crippen LogP contribution is 2.35. The predicted molar refractivity (Wildman–Crippen MR) is 43.9 cm³/mol. The van der Waals surface area contributed by atoms with Gasteiger partial charge >= 0.3 is 0 Å². The van der Waals surface area contributed by atoms with Crippen molar-refractivity contribution in [2.24, 2.45) is 4.99 Å². The molecule has 0 N–H and O–H groups in total. The highest BCUT2D eigenvalue weighted by atomic mass is 16.7. The Kier molecular flexibility index (Phi) is 1.01. The van der Waals surface area contributed by atoms with Gasteiger partial charge in [-0.3, -0.25) is 4.99 Å². The summed E-state index contributed by atoms with van der Waals surface area (Å²) in [5, 5.41) is 0. The molecule has 1 aromatic rings. The van der Waals surface area contributed by atoms with Crippen molar-refractivity contribution < 1.29 is 9.47 Å². The van der Waals surface area contributed by atoms with Crippen LogP contribution in [0.3, 0.4) is 0 Å². The molecule has 1 aromatic carbocycles. The van der Waals surface area contributed by atoms with Crippen LogP contribution in [-0.2, 0) is 6.54 Å². The summed E-state index contributed by atoms with van der Waals surface area (Å²) in [6, 6.07) is 3.98. The predicted octanol–water partition coefficient (Wildman–Crippen LogP) is 1.35. The number of fused-ring (bicyclic) bond motifs is 2. The van der Waals surface area contributed by atoms with E-state index in [0.717, 1.165) is 23.6 Å². The molecule has 2 heterocycles. The Bertz CT molecular complexity index is 370. The SMILES string of the molecule is C1=NCc2cc3c(cc21)OCO3. The Morgan fingerprint density at radius 3 is 2.92 bits per heavy atom. The van der Waals surface area contributed by atoms with Crippen molar-refractivity contribution in [3.63, 3.8) is 0 Å². The summed E-state index contributed by atoms with van der Waals surface area (Å²) in [6.45, 7) is 1.11. The van der Waals surface area contributed by atoms with Gasteiger partial charge in [-0.05, 0) is 17.7 Å². The van der Waals surface area contributed by atoms with Crippen LogP contribution >= 0.6 is 0 Å². The van der Waals surface area contributed by atoms with Crippen LogP contribution in [0.2, 0.25) is 0 Å². The molecule has 2 aliphatic heterocycles. The first-order chi connectivity index (χ1) is 5.93. The molecule has 0 unspecified atom stereocenters. The Morgan fingerprint density at radius 1 is 1.17 bits per heavy atom. The maximum atomic E-state index is 5.25. The lowest BCUT2D eigenvalue weighted by Gasteiger charge is -1.99. The summed E-state index contributed by atoms with van der Waals surface area (Å²) in [5.41, 5.74) is 2.37. The summed E-state index contributed by atoms with van der Waals surface area (Å²) in [5.74, 6) is 1.68. The third-order valence-corrected chi connectivity index (χ3v) is 2.13. The summed E-state index contributed by atoms with van der Waals surface area (Å²) in [4.78, 5) is 4.16. The van der Waals surface area contributed by atoms with Gasteiger partial charge in [0.15, 0.2) is 11.5 Å². The first-order valence-corrected chi connectivity index (χ1v) is 3.86. The number of rotatable bonds is 0. The fraction of sp³-hybridized carbons (Fsp3) is 0.222. The minimum atomic E-state index is 0.343. The fourth-order valence-corrected chi connectivity index (χ4v) is 1.50. The highest BCUT2D eigenvalue weighted by molar-refractivity contribution is 5.85. The number of aliphatic imine (C=N–C) groups is 1. The van der Waals surface area contributed by atoms with Gasteiger partial charge in [-0.25, -0.2) is 0 Å². The standard InChI is InChI=1S/C9H7NO2/c1-6-3-10-4-7(6)2-9-8(1)11-5-12-9/h1-3H,4-5H2. The number of ether oxygens (including phenoxy) is 2. The quantitative estimate of drug-likeness (QED) is 0.575. The first-order valence-electron chi connectivity index (χ1n) is 3.86. The number of nitrogens with zero attached hydrogens (tertiary/aromatic N) is 1. The summed E-state index contributed by atoms with van der Waals surface area (Å²) < 4.78 is 10.5. The lowest BCUT2D eigenvalue weighted by Crippen LogP contribution is -1.92. The minimum Gasteiger partial charge on any atom is -0.454 e. The zero-order chi connectivity index (χ0) is 7.97. The average Bonchev–Trinajstić information content (AvgIpc) is 2.64. The molecule has 0 bridgehead atoms. The smallest absolute Gasteiger partial charge is 0.231 e. The van der Waals surface area contributed by atoms with E-state index in [1.807, 2.05) is 18.3 Å². The second-order valence-electron chi connectivity index (χ2n) is 2.87. The van der Waals surface area contributed by atoms with Crippen molar-refractivity contribution in [1.29, 1.82) is 0 Å².